The summed E-state index contributed by atoms with van der Waals surface area (Å²) in [5, 5.41) is 0. The first-order chi connectivity index (χ1) is 10.6. The Bertz CT molecular complexity index is 220. The van der Waals surface area contributed by atoms with Crippen LogP contribution in [0.1, 0.15) is 119 Å². The van der Waals surface area contributed by atoms with Gasteiger partial charge in [-0.25, -0.2) is 0 Å². The SMILES string of the molecule is CCCCC(CC)CC(C)C(CCC)CC(CC)CCCC. The fraction of sp³-hybridized carbons (Fsp3) is 1.00. The molecule has 134 valence electrons. The molecular weight excluding hydrogens is 264 g/mol. The third kappa shape index (κ3) is 9.90. The third-order valence-electron chi connectivity index (χ3n) is 5.89. The van der Waals surface area contributed by atoms with E-state index in [0.717, 1.165) is 23.7 Å². The van der Waals surface area contributed by atoms with Crippen LogP contribution < -0.4 is 0 Å². The zero-order valence-electron chi connectivity index (χ0n) is 16.8. The Morgan fingerprint density at radius 2 is 1.09 bits per heavy atom. The smallest absolute Gasteiger partial charge is 0.0386 e. The normalized spacial score (nSPS) is 17.2. The van der Waals surface area contributed by atoms with Crippen LogP contribution in [0.3, 0.4) is 0 Å². The average molecular weight is 311 g/mol. The van der Waals surface area contributed by atoms with Gasteiger partial charge in [-0.2, -0.15) is 0 Å². The summed E-state index contributed by atoms with van der Waals surface area (Å²) in [5.41, 5.74) is 0. The summed E-state index contributed by atoms with van der Waals surface area (Å²) in [7, 11) is 0. The molecule has 0 aliphatic rings. The highest BCUT2D eigenvalue weighted by Crippen LogP contribution is 2.34. The van der Waals surface area contributed by atoms with E-state index in [0.29, 0.717) is 0 Å². The minimum Gasteiger partial charge on any atom is -0.0654 e. The molecule has 22 heavy (non-hydrogen) atoms. The van der Waals surface area contributed by atoms with Gasteiger partial charge in [0.05, 0.1) is 0 Å². The lowest BCUT2D eigenvalue weighted by Crippen LogP contribution is -2.19. The number of hydrogen-bond acceptors (Lipinski definition) is 0. The van der Waals surface area contributed by atoms with Crippen LogP contribution >= 0.6 is 0 Å². The summed E-state index contributed by atoms with van der Waals surface area (Å²) in [6.45, 7) is 14.4. The zero-order chi connectivity index (χ0) is 16.8. The molecule has 4 atom stereocenters. The summed E-state index contributed by atoms with van der Waals surface area (Å²) in [6, 6.07) is 0. The molecule has 0 bridgehead atoms. The molecule has 0 aromatic rings. The van der Waals surface area contributed by atoms with Crippen LogP contribution in [0, 0.1) is 23.7 Å². The van der Waals surface area contributed by atoms with Crippen LogP contribution in [0.25, 0.3) is 0 Å². The van der Waals surface area contributed by atoms with Crippen LogP contribution in [-0.4, -0.2) is 0 Å². The van der Waals surface area contributed by atoms with Crippen LogP contribution in [0.5, 0.6) is 0 Å². The van der Waals surface area contributed by atoms with Crippen LogP contribution in [0.15, 0.2) is 0 Å². The van der Waals surface area contributed by atoms with E-state index in [2.05, 4.69) is 41.5 Å². The maximum Gasteiger partial charge on any atom is -0.0386 e. The van der Waals surface area contributed by atoms with Gasteiger partial charge in [0.2, 0.25) is 0 Å². The van der Waals surface area contributed by atoms with E-state index in [4.69, 9.17) is 0 Å². The monoisotopic (exact) mass is 310 g/mol. The fourth-order valence-corrected chi connectivity index (χ4v) is 4.11. The summed E-state index contributed by atoms with van der Waals surface area (Å²) in [6.07, 6.45) is 17.1. The van der Waals surface area contributed by atoms with Gasteiger partial charge in [-0.3, -0.25) is 0 Å². The number of hydrogen-bond donors (Lipinski definition) is 0. The van der Waals surface area contributed by atoms with E-state index in [-0.39, 0.29) is 0 Å². The molecule has 0 amide bonds. The second kappa shape index (κ2) is 14.6. The highest BCUT2D eigenvalue weighted by molar-refractivity contribution is 4.74. The zero-order valence-corrected chi connectivity index (χ0v) is 16.8. The molecule has 0 aliphatic carbocycles. The molecule has 0 radical (unpaired) electrons. The van der Waals surface area contributed by atoms with Crippen LogP contribution in [-0.2, 0) is 0 Å². The second-order valence-corrected chi connectivity index (χ2v) is 7.83. The predicted octanol–water partition coefficient (Wildman–Crippen LogP) is 8.25. The van der Waals surface area contributed by atoms with Gasteiger partial charge in [-0.05, 0) is 36.5 Å². The van der Waals surface area contributed by atoms with Gasteiger partial charge in [0, 0.05) is 0 Å². The molecule has 0 aromatic heterocycles. The molecule has 0 saturated carbocycles. The van der Waals surface area contributed by atoms with Crippen molar-refractivity contribution in [2.75, 3.05) is 0 Å². The van der Waals surface area contributed by atoms with E-state index in [9.17, 15) is 0 Å². The van der Waals surface area contributed by atoms with Crippen molar-refractivity contribution in [2.45, 2.75) is 119 Å². The first-order valence-corrected chi connectivity index (χ1v) is 10.6. The molecule has 4 unspecified atom stereocenters. The van der Waals surface area contributed by atoms with E-state index >= 15 is 0 Å². The first-order valence-electron chi connectivity index (χ1n) is 10.6. The van der Waals surface area contributed by atoms with Crippen molar-refractivity contribution in [3.63, 3.8) is 0 Å². The summed E-state index contributed by atoms with van der Waals surface area (Å²) >= 11 is 0. The average Bonchev–Trinajstić information content (AvgIpc) is 2.53. The Morgan fingerprint density at radius 1 is 0.591 bits per heavy atom. The van der Waals surface area contributed by atoms with Gasteiger partial charge < -0.3 is 0 Å². The highest BCUT2D eigenvalue weighted by Gasteiger charge is 2.22. The van der Waals surface area contributed by atoms with E-state index in [1.807, 2.05) is 0 Å². The minimum atomic E-state index is 0.928. The van der Waals surface area contributed by atoms with Crippen molar-refractivity contribution in [3.8, 4) is 0 Å². The Kier molecular flexibility index (Phi) is 14.6. The van der Waals surface area contributed by atoms with Crippen LogP contribution in [0.2, 0.25) is 0 Å². The van der Waals surface area contributed by atoms with E-state index < -0.39 is 0 Å². The van der Waals surface area contributed by atoms with Crippen molar-refractivity contribution in [3.05, 3.63) is 0 Å². The maximum atomic E-state index is 2.56. The highest BCUT2D eigenvalue weighted by atomic mass is 14.3. The van der Waals surface area contributed by atoms with Crippen molar-refractivity contribution in [2.24, 2.45) is 23.7 Å². The topological polar surface area (TPSA) is 0 Å². The molecule has 0 heteroatoms. The standard InChI is InChI=1S/C22H46/c1-7-12-15-20(10-4)17-19(6)22(14-9-3)18-21(11-5)16-13-8-2/h19-22H,7-18H2,1-6H3. The quantitative estimate of drug-likeness (QED) is 0.285. The lowest BCUT2D eigenvalue weighted by Gasteiger charge is -2.30. The van der Waals surface area contributed by atoms with Gasteiger partial charge >= 0.3 is 0 Å². The maximum absolute atomic E-state index is 2.56. The first kappa shape index (κ1) is 22.0. The molecular formula is C22H46. The lowest BCUT2D eigenvalue weighted by molar-refractivity contribution is 0.210. The Labute approximate surface area is 142 Å². The summed E-state index contributed by atoms with van der Waals surface area (Å²) < 4.78 is 0. The summed E-state index contributed by atoms with van der Waals surface area (Å²) in [5.74, 6) is 3.86. The van der Waals surface area contributed by atoms with Gasteiger partial charge in [-0.1, -0.05) is 106 Å². The van der Waals surface area contributed by atoms with Crippen LogP contribution in [0.4, 0.5) is 0 Å². The van der Waals surface area contributed by atoms with Gasteiger partial charge in [0.25, 0.3) is 0 Å². The largest absolute Gasteiger partial charge is 0.0654 e. The number of rotatable bonds is 15. The Hall–Kier alpha value is 0. The Balaban J connectivity index is 4.48. The molecule has 0 spiro atoms. The Morgan fingerprint density at radius 3 is 1.50 bits per heavy atom. The predicted molar refractivity (Wildman–Crippen MR) is 103 cm³/mol. The van der Waals surface area contributed by atoms with Crippen molar-refractivity contribution < 1.29 is 0 Å². The van der Waals surface area contributed by atoms with Gasteiger partial charge in [0.1, 0.15) is 0 Å². The third-order valence-corrected chi connectivity index (χ3v) is 5.89. The molecule has 0 rings (SSSR count). The fourth-order valence-electron chi connectivity index (χ4n) is 4.11. The van der Waals surface area contributed by atoms with Crippen molar-refractivity contribution in [1.82, 2.24) is 0 Å². The van der Waals surface area contributed by atoms with Crippen molar-refractivity contribution in [1.29, 1.82) is 0 Å². The molecule has 0 N–H and O–H groups in total. The number of unbranched alkanes of at least 4 members (excludes halogenated alkanes) is 2. The summed E-state index contributed by atoms with van der Waals surface area (Å²) in [4.78, 5) is 0. The van der Waals surface area contributed by atoms with E-state index in [1.54, 1.807) is 0 Å². The molecule has 0 fully saturated rings. The minimum absolute atomic E-state index is 0.928. The molecule has 0 aliphatic heterocycles. The molecule has 0 heterocycles. The molecule has 0 nitrogen and oxygen atoms in total. The molecule has 0 saturated heterocycles. The lowest BCUT2D eigenvalue weighted by atomic mass is 9.76. The van der Waals surface area contributed by atoms with Gasteiger partial charge in [-0.15, -0.1) is 0 Å². The van der Waals surface area contributed by atoms with E-state index in [1.165, 1.54) is 77.0 Å². The van der Waals surface area contributed by atoms with Gasteiger partial charge in [0.15, 0.2) is 0 Å². The second-order valence-electron chi connectivity index (χ2n) is 7.83. The molecule has 0 aromatic carbocycles. The van der Waals surface area contributed by atoms with Crippen molar-refractivity contribution >= 4 is 0 Å².